The number of hydrogen-bond donors (Lipinski definition) is 0. The van der Waals surface area contributed by atoms with Crippen molar-refractivity contribution in [2.45, 2.75) is 19.4 Å². The van der Waals surface area contributed by atoms with Crippen LogP contribution >= 0.6 is 0 Å². The summed E-state index contributed by atoms with van der Waals surface area (Å²) in [6.07, 6.45) is 11.8. The molecule has 2 aliphatic heterocycles. The zero-order chi connectivity index (χ0) is 18.9. The molecule has 0 bridgehead atoms. The number of amidine groups is 1. The number of imidazole rings is 1. The molecular weight excluding hydrogens is 350 g/mol. The van der Waals surface area contributed by atoms with Gasteiger partial charge in [0.1, 0.15) is 11.8 Å². The van der Waals surface area contributed by atoms with Gasteiger partial charge in [-0.05, 0) is 50.1 Å². The second-order valence-electron chi connectivity index (χ2n) is 7.73. The lowest BCUT2D eigenvalue weighted by molar-refractivity contribution is -0.118. The van der Waals surface area contributed by atoms with Gasteiger partial charge in [-0.25, -0.2) is 9.98 Å². The van der Waals surface area contributed by atoms with Crippen molar-refractivity contribution >= 4 is 28.5 Å². The summed E-state index contributed by atoms with van der Waals surface area (Å²) in [5.74, 6) is 0.910. The fourth-order valence-corrected chi connectivity index (χ4v) is 4.25. The van der Waals surface area contributed by atoms with Gasteiger partial charge in [0.05, 0.1) is 29.6 Å². The average Bonchev–Trinajstić information content (AvgIpc) is 3.13. The Labute approximate surface area is 164 Å². The lowest BCUT2D eigenvalue weighted by Crippen LogP contribution is -2.39. The standard InChI is InChI=1S/C22H23N5O/c28-22-17-5-1-2-6-18(17)24-21(25-22)14-26-11-9-16(10-12-26)13-27-15-23-19-7-3-4-8-20(19)27/h1-8,15-17H,9-14H2. The summed E-state index contributed by atoms with van der Waals surface area (Å²) in [6.45, 7) is 3.68. The Morgan fingerprint density at radius 3 is 2.82 bits per heavy atom. The van der Waals surface area contributed by atoms with Crippen LogP contribution < -0.4 is 0 Å². The van der Waals surface area contributed by atoms with E-state index in [1.54, 1.807) is 0 Å². The summed E-state index contributed by atoms with van der Waals surface area (Å²) in [7, 11) is 0. The highest BCUT2D eigenvalue weighted by Gasteiger charge is 2.28. The first-order valence-electron chi connectivity index (χ1n) is 9.93. The second kappa shape index (κ2) is 7.28. The number of carbonyl (C=O) groups is 1. The molecule has 1 fully saturated rings. The van der Waals surface area contributed by atoms with Crippen molar-refractivity contribution in [2.24, 2.45) is 21.8 Å². The maximum Gasteiger partial charge on any atom is 0.260 e. The van der Waals surface area contributed by atoms with Crippen LogP contribution in [-0.2, 0) is 11.3 Å². The Bertz CT molecular complexity index is 1020. The lowest BCUT2D eigenvalue weighted by atomic mass is 9.95. The summed E-state index contributed by atoms with van der Waals surface area (Å²) >= 11 is 0. The molecule has 5 rings (SSSR count). The normalized spacial score (nSPS) is 23.0. The highest BCUT2D eigenvalue weighted by Crippen LogP contribution is 2.22. The number of likely N-dealkylation sites (tertiary alicyclic amines) is 1. The smallest absolute Gasteiger partial charge is 0.260 e. The van der Waals surface area contributed by atoms with Gasteiger partial charge in [-0.2, -0.15) is 4.99 Å². The predicted molar refractivity (Wildman–Crippen MR) is 111 cm³/mol. The minimum absolute atomic E-state index is 0.0949. The van der Waals surface area contributed by atoms with Crippen molar-refractivity contribution in [1.82, 2.24) is 14.5 Å². The Morgan fingerprint density at radius 2 is 1.93 bits per heavy atom. The number of piperidine rings is 1. The third kappa shape index (κ3) is 3.36. The molecule has 0 N–H and O–H groups in total. The number of benzene rings is 1. The van der Waals surface area contributed by atoms with Gasteiger partial charge in [-0.3, -0.25) is 9.69 Å². The van der Waals surface area contributed by atoms with E-state index in [4.69, 9.17) is 0 Å². The molecule has 1 aliphatic carbocycles. The number of aromatic nitrogens is 2. The Balaban J connectivity index is 1.19. The third-order valence-electron chi connectivity index (χ3n) is 5.82. The summed E-state index contributed by atoms with van der Waals surface area (Å²) in [6, 6.07) is 8.29. The molecule has 2 aromatic rings. The summed E-state index contributed by atoms with van der Waals surface area (Å²) in [4.78, 5) is 27.9. The molecule has 0 spiro atoms. The van der Waals surface area contributed by atoms with Crippen LogP contribution in [0.15, 0.2) is 64.9 Å². The van der Waals surface area contributed by atoms with Crippen LogP contribution in [-0.4, -0.2) is 51.5 Å². The number of rotatable bonds is 4. The summed E-state index contributed by atoms with van der Waals surface area (Å²) < 4.78 is 2.27. The molecule has 1 amide bonds. The van der Waals surface area contributed by atoms with E-state index in [9.17, 15) is 4.79 Å². The van der Waals surface area contributed by atoms with Crippen LogP contribution in [0.2, 0.25) is 0 Å². The molecule has 1 unspecified atom stereocenters. The largest absolute Gasteiger partial charge is 0.330 e. The lowest BCUT2D eigenvalue weighted by Gasteiger charge is -2.32. The van der Waals surface area contributed by atoms with Crippen molar-refractivity contribution in [3.63, 3.8) is 0 Å². The van der Waals surface area contributed by atoms with Gasteiger partial charge in [0, 0.05) is 6.54 Å². The van der Waals surface area contributed by atoms with E-state index in [0.717, 1.165) is 43.7 Å². The first-order chi connectivity index (χ1) is 13.8. The van der Waals surface area contributed by atoms with Gasteiger partial charge >= 0.3 is 0 Å². The van der Waals surface area contributed by atoms with Crippen LogP contribution in [0.1, 0.15) is 12.8 Å². The number of amides is 1. The number of hydrogen-bond acceptors (Lipinski definition) is 4. The molecule has 6 heteroatoms. The van der Waals surface area contributed by atoms with Crippen LogP contribution in [0.3, 0.4) is 0 Å². The van der Waals surface area contributed by atoms with Crippen LogP contribution in [0, 0.1) is 11.8 Å². The molecule has 6 nitrogen and oxygen atoms in total. The number of fused-ring (bicyclic) bond motifs is 2. The van der Waals surface area contributed by atoms with Crippen molar-refractivity contribution in [1.29, 1.82) is 0 Å². The minimum Gasteiger partial charge on any atom is -0.330 e. The topological polar surface area (TPSA) is 62.9 Å². The van der Waals surface area contributed by atoms with E-state index in [1.165, 1.54) is 5.52 Å². The van der Waals surface area contributed by atoms with E-state index >= 15 is 0 Å². The second-order valence-corrected chi connectivity index (χ2v) is 7.73. The Hall–Kier alpha value is -2.86. The van der Waals surface area contributed by atoms with Gasteiger partial charge in [0.15, 0.2) is 0 Å². The Kier molecular flexibility index (Phi) is 4.49. The Morgan fingerprint density at radius 1 is 1.07 bits per heavy atom. The molecule has 3 aliphatic rings. The summed E-state index contributed by atoms with van der Waals surface area (Å²) in [5.41, 5.74) is 3.09. The van der Waals surface area contributed by atoms with Crippen molar-refractivity contribution in [3.05, 3.63) is 54.9 Å². The quantitative estimate of drug-likeness (QED) is 0.828. The van der Waals surface area contributed by atoms with Gasteiger partial charge in [-0.1, -0.05) is 30.4 Å². The van der Waals surface area contributed by atoms with Gasteiger partial charge < -0.3 is 4.57 Å². The van der Waals surface area contributed by atoms with Gasteiger partial charge in [0.25, 0.3) is 5.91 Å². The summed E-state index contributed by atoms with van der Waals surface area (Å²) in [5, 5.41) is 0. The average molecular weight is 373 g/mol. The maximum absolute atomic E-state index is 12.2. The molecule has 0 saturated carbocycles. The van der Waals surface area contributed by atoms with E-state index in [1.807, 2.05) is 36.7 Å². The van der Waals surface area contributed by atoms with Crippen LogP contribution in [0.25, 0.3) is 11.0 Å². The zero-order valence-corrected chi connectivity index (χ0v) is 15.7. The number of allylic oxidation sites excluding steroid dienone is 3. The first kappa shape index (κ1) is 17.3. The monoisotopic (exact) mass is 373 g/mol. The molecule has 3 heterocycles. The number of para-hydroxylation sites is 2. The van der Waals surface area contributed by atoms with Crippen LogP contribution in [0.4, 0.5) is 0 Å². The van der Waals surface area contributed by atoms with Gasteiger partial charge in [0.2, 0.25) is 0 Å². The molecule has 1 saturated heterocycles. The van der Waals surface area contributed by atoms with Crippen molar-refractivity contribution < 1.29 is 4.79 Å². The fraction of sp³-hybridized carbons (Fsp3) is 0.364. The van der Waals surface area contributed by atoms with E-state index in [2.05, 4.69) is 42.6 Å². The van der Waals surface area contributed by atoms with Gasteiger partial charge in [-0.15, -0.1) is 0 Å². The van der Waals surface area contributed by atoms with E-state index in [-0.39, 0.29) is 11.8 Å². The third-order valence-corrected chi connectivity index (χ3v) is 5.82. The molecular formula is C22H23N5O. The predicted octanol–water partition coefficient (Wildman–Crippen LogP) is 2.87. The number of nitrogens with zero attached hydrogens (tertiary/aromatic N) is 5. The van der Waals surface area contributed by atoms with E-state index < -0.39 is 0 Å². The molecule has 1 aromatic heterocycles. The highest BCUT2D eigenvalue weighted by molar-refractivity contribution is 6.21. The van der Waals surface area contributed by atoms with E-state index in [0.29, 0.717) is 18.3 Å². The number of aliphatic imine (C=N–C) groups is 2. The highest BCUT2D eigenvalue weighted by atomic mass is 16.1. The van der Waals surface area contributed by atoms with Crippen molar-refractivity contribution in [3.8, 4) is 0 Å². The fourth-order valence-electron chi connectivity index (χ4n) is 4.25. The molecule has 1 atom stereocenters. The first-order valence-corrected chi connectivity index (χ1v) is 9.93. The van der Waals surface area contributed by atoms with Crippen LogP contribution in [0.5, 0.6) is 0 Å². The molecule has 0 radical (unpaired) electrons. The number of carbonyl (C=O) groups excluding carboxylic acids is 1. The maximum atomic E-state index is 12.2. The molecule has 28 heavy (non-hydrogen) atoms. The molecule has 142 valence electrons. The van der Waals surface area contributed by atoms with Crippen molar-refractivity contribution in [2.75, 3.05) is 19.6 Å². The minimum atomic E-state index is -0.288. The zero-order valence-electron chi connectivity index (χ0n) is 15.7. The molecule has 1 aromatic carbocycles. The SMILES string of the molecule is O=C1N=C(CN2CCC(Cn3cnc4ccccc43)CC2)N=C2C=CC=CC12.